The summed E-state index contributed by atoms with van der Waals surface area (Å²) >= 11 is 0. The molecule has 1 fully saturated rings. The first-order valence-electron chi connectivity index (χ1n) is 7.08. The van der Waals surface area contributed by atoms with Crippen LogP contribution in [0, 0.1) is 30.1 Å². The summed E-state index contributed by atoms with van der Waals surface area (Å²) in [6, 6.07) is 7.89. The minimum atomic E-state index is 0.532. The largest absolute Gasteiger partial charge is 0.492 e. The fourth-order valence-corrected chi connectivity index (χ4v) is 2.94. The summed E-state index contributed by atoms with van der Waals surface area (Å²) in [5.74, 6) is 1.85. The first-order chi connectivity index (χ1) is 9.26. The van der Waals surface area contributed by atoms with Crippen LogP contribution in [0.3, 0.4) is 0 Å². The molecule has 0 aromatic heterocycles. The molecule has 0 spiro atoms. The SMILES string of the molecule is Cc1cccc(C#N)c1OCC1CCCCC1CN. The number of nitriles is 1. The second-order valence-electron chi connectivity index (χ2n) is 5.41. The first kappa shape index (κ1) is 13.9. The Morgan fingerprint density at radius 1 is 1.32 bits per heavy atom. The van der Waals surface area contributed by atoms with Crippen molar-refractivity contribution in [1.29, 1.82) is 5.26 Å². The molecule has 102 valence electrons. The molecule has 1 aliphatic carbocycles. The summed E-state index contributed by atoms with van der Waals surface area (Å²) in [6.45, 7) is 3.41. The van der Waals surface area contributed by atoms with Gasteiger partial charge in [-0.25, -0.2) is 0 Å². The quantitative estimate of drug-likeness (QED) is 0.903. The third-order valence-electron chi connectivity index (χ3n) is 4.14. The van der Waals surface area contributed by atoms with E-state index in [1.54, 1.807) is 0 Å². The highest BCUT2D eigenvalue weighted by Gasteiger charge is 2.24. The van der Waals surface area contributed by atoms with E-state index < -0.39 is 0 Å². The fraction of sp³-hybridized carbons (Fsp3) is 0.562. The number of aryl methyl sites for hydroxylation is 1. The fourth-order valence-electron chi connectivity index (χ4n) is 2.94. The molecule has 1 aromatic carbocycles. The molecule has 2 N–H and O–H groups in total. The maximum atomic E-state index is 9.13. The van der Waals surface area contributed by atoms with Gasteiger partial charge < -0.3 is 10.5 Å². The lowest BCUT2D eigenvalue weighted by atomic mass is 9.80. The van der Waals surface area contributed by atoms with Crippen LogP contribution in [0.15, 0.2) is 18.2 Å². The van der Waals surface area contributed by atoms with Gasteiger partial charge in [-0.2, -0.15) is 5.26 Å². The van der Waals surface area contributed by atoms with Crippen molar-refractivity contribution in [1.82, 2.24) is 0 Å². The summed E-state index contributed by atoms with van der Waals surface area (Å²) in [4.78, 5) is 0. The molecule has 0 amide bonds. The smallest absolute Gasteiger partial charge is 0.139 e. The average molecular weight is 258 g/mol. The molecule has 2 rings (SSSR count). The summed E-state index contributed by atoms with van der Waals surface area (Å²) in [5, 5.41) is 9.13. The van der Waals surface area contributed by atoms with Gasteiger partial charge in [0.2, 0.25) is 0 Å². The normalized spacial score (nSPS) is 22.8. The molecule has 19 heavy (non-hydrogen) atoms. The van der Waals surface area contributed by atoms with Gasteiger partial charge in [-0.15, -0.1) is 0 Å². The van der Waals surface area contributed by atoms with Crippen molar-refractivity contribution in [3.8, 4) is 11.8 Å². The minimum Gasteiger partial charge on any atom is -0.492 e. The number of hydrogen-bond acceptors (Lipinski definition) is 3. The van der Waals surface area contributed by atoms with Crippen LogP contribution in [0.2, 0.25) is 0 Å². The van der Waals surface area contributed by atoms with Gasteiger partial charge >= 0.3 is 0 Å². The second kappa shape index (κ2) is 6.58. The Morgan fingerprint density at radius 2 is 2.05 bits per heavy atom. The van der Waals surface area contributed by atoms with Crippen LogP contribution in [0.4, 0.5) is 0 Å². The maximum Gasteiger partial charge on any atom is 0.139 e. The molecule has 3 nitrogen and oxygen atoms in total. The standard InChI is InChI=1S/C16H22N2O/c1-12-5-4-8-14(10-18)16(12)19-11-15-7-3-2-6-13(15)9-17/h4-5,8,13,15H,2-3,6-7,9,11,17H2,1H3. The van der Waals surface area contributed by atoms with E-state index in [9.17, 15) is 0 Å². The number of benzene rings is 1. The Morgan fingerprint density at radius 3 is 2.74 bits per heavy atom. The van der Waals surface area contributed by atoms with Gasteiger partial charge in [0.25, 0.3) is 0 Å². The third kappa shape index (κ3) is 3.27. The number of para-hydroxylation sites is 1. The highest BCUT2D eigenvalue weighted by molar-refractivity contribution is 5.47. The Hall–Kier alpha value is -1.53. The molecule has 0 saturated heterocycles. The summed E-state index contributed by atoms with van der Waals surface area (Å²) in [6.07, 6.45) is 4.95. The average Bonchev–Trinajstić information content (AvgIpc) is 2.46. The lowest BCUT2D eigenvalue weighted by molar-refractivity contribution is 0.152. The summed E-state index contributed by atoms with van der Waals surface area (Å²) < 4.78 is 5.95. The molecule has 3 heteroatoms. The van der Waals surface area contributed by atoms with Gasteiger partial charge in [0.1, 0.15) is 11.8 Å². The van der Waals surface area contributed by atoms with E-state index in [1.165, 1.54) is 25.7 Å². The second-order valence-corrected chi connectivity index (χ2v) is 5.41. The first-order valence-corrected chi connectivity index (χ1v) is 7.08. The van der Waals surface area contributed by atoms with Crippen LogP contribution in [0.1, 0.15) is 36.8 Å². The summed E-state index contributed by atoms with van der Waals surface area (Å²) in [7, 11) is 0. The molecule has 1 saturated carbocycles. The Balaban J connectivity index is 2.04. The zero-order chi connectivity index (χ0) is 13.7. The highest BCUT2D eigenvalue weighted by atomic mass is 16.5. The van der Waals surface area contributed by atoms with E-state index in [0.29, 0.717) is 24.0 Å². The van der Waals surface area contributed by atoms with Crippen LogP contribution < -0.4 is 10.5 Å². The number of rotatable bonds is 4. The highest BCUT2D eigenvalue weighted by Crippen LogP contribution is 2.31. The van der Waals surface area contributed by atoms with Crippen molar-refractivity contribution in [3.05, 3.63) is 29.3 Å². The van der Waals surface area contributed by atoms with Crippen LogP contribution in [-0.4, -0.2) is 13.2 Å². The van der Waals surface area contributed by atoms with Gasteiger partial charge in [-0.3, -0.25) is 0 Å². The maximum absolute atomic E-state index is 9.13. The number of nitrogens with two attached hydrogens (primary N) is 1. The minimum absolute atomic E-state index is 0.532. The van der Waals surface area contributed by atoms with E-state index >= 15 is 0 Å². The molecule has 1 aromatic rings. The summed E-state index contributed by atoms with van der Waals surface area (Å²) in [5.41, 5.74) is 7.49. The topological polar surface area (TPSA) is 59.0 Å². The monoisotopic (exact) mass is 258 g/mol. The zero-order valence-corrected chi connectivity index (χ0v) is 11.6. The third-order valence-corrected chi connectivity index (χ3v) is 4.14. The van der Waals surface area contributed by atoms with Crippen LogP contribution in [-0.2, 0) is 0 Å². The Bertz CT molecular complexity index is 464. The van der Waals surface area contributed by atoms with Crippen LogP contribution >= 0.6 is 0 Å². The van der Waals surface area contributed by atoms with E-state index in [-0.39, 0.29) is 0 Å². The Labute approximate surface area is 115 Å². The molecular weight excluding hydrogens is 236 g/mol. The van der Waals surface area contributed by atoms with Crippen LogP contribution in [0.5, 0.6) is 5.75 Å². The molecule has 0 aliphatic heterocycles. The van der Waals surface area contributed by atoms with E-state index in [4.69, 9.17) is 15.7 Å². The predicted molar refractivity (Wildman–Crippen MR) is 75.9 cm³/mol. The molecule has 0 radical (unpaired) electrons. The van der Waals surface area contributed by atoms with E-state index in [0.717, 1.165) is 17.9 Å². The lowest BCUT2D eigenvalue weighted by Crippen LogP contribution is -2.30. The van der Waals surface area contributed by atoms with Crippen LogP contribution in [0.25, 0.3) is 0 Å². The van der Waals surface area contributed by atoms with E-state index in [1.807, 2.05) is 25.1 Å². The molecule has 2 atom stereocenters. The number of hydrogen-bond donors (Lipinski definition) is 1. The van der Waals surface area contributed by atoms with Crippen molar-refractivity contribution in [2.24, 2.45) is 17.6 Å². The lowest BCUT2D eigenvalue weighted by Gasteiger charge is -2.30. The van der Waals surface area contributed by atoms with Gasteiger partial charge in [0, 0.05) is 0 Å². The van der Waals surface area contributed by atoms with Crippen molar-refractivity contribution in [2.45, 2.75) is 32.6 Å². The van der Waals surface area contributed by atoms with Gasteiger partial charge in [0.05, 0.1) is 12.2 Å². The predicted octanol–water partition coefficient (Wildman–Crippen LogP) is 3.01. The molecule has 0 bridgehead atoms. The number of nitrogens with zero attached hydrogens (tertiary/aromatic N) is 1. The zero-order valence-electron chi connectivity index (χ0n) is 11.6. The van der Waals surface area contributed by atoms with Crippen molar-refractivity contribution >= 4 is 0 Å². The van der Waals surface area contributed by atoms with Crippen molar-refractivity contribution < 1.29 is 4.74 Å². The Kier molecular flexibility index (Phi) is 4.81. The molecule has 2 unspecified atom stereocenters. The van der Waals surface area contributed by atoms with Gasteiger partial charge in [-0.05, 0) is 49.8 Å². The van der Waals surface area contributed by atoms with Gasteiger partial charge in [-0.1, -0.05) is 25.0 Å². The molecular formula is C16H22N2O. The van der Waals surface area contributed by atoms with Crippen molar-refractivity contribution in [2.75, 3.05) is 13.2 Å². The van der Waals surface area contributed by atoms with Gasteiger partial charge in [0.15, 0.2) is 0 Å². The molecule has 1 aliphatic rings. The van der Waals surface area contributed by atoms with E-state index in [2.05, 4.69) is 6.07 Å². The van der Waals surface area contributed by atoms with Crippen molar-refractivity contribution in [3.63, 3.8) is 0 Å². The number of ether oxygens (including phenoxy) is 1. The molecule has 0 heterocycles.